The summed E-state index contributed by atoms with van der Waals surface area (Å²) in [6.07, 6.45) is 4.12. The maximum absolute atomic E-state index is 15.6. The number of aromatic hydroxyl groups is 1. The van der Waals surface area contributed by atoms with Gasteiger partial charge in [-0.3, -0.25) is 33.6 Å². The second-order valence-electron chi connectivity index (χ2n) is 19.5. The van der Waals surface area contributed by atoms with E-state index in [9.17, 15) is 33.9 Å². The molecule has 0 radical (unpaired) electrons. The number of thioether (sulfide) groups is 1. The van der Waals surface area contributed by atoms with Gasteiger partial charge in [0, 0.05) is 70.6 Å². The largest absolute Gasteiger partial charge is 0.505 e. The Hall–Kier alpha value is -6.15. The molecule has 2 unspecified atom stereocenters. The molecule has 3 saturated heterocycles. The number of esters is 1. The van der Waals surface area contributed by atoms with E-state index in [1.165, 1.54) is 53.9 Å². The standard InChI is InChI=1S/C53H70N8O10S2/c1-7-53(3)52(70)60-26-16-19-38(60)49(67)59(6)40(29-34-21-23-37(24-22-34)58(4)5)50(68)61-31-36(32-73-28-14-9-8-13-27-72)42(63)30-39(61)46(64)56-44(35-17-11-10-12-18-35)51(69)71-33(2)43(48(66)57-53)55-47(65)45-41(62)20-15-25-54-45/h10-12,15,17-18,20-25,33,36,38-40,43-44,62,72H,7-9,13-14,16,19,26-32H2,1-6H3,(H,55,65)(H,56,64)(H,57,66)/t33-,36?,38+,39+,40+,43+,44+,53?/m1/s1. The molecule has 3 fully saturated rings. The number of ether oxygens (including phenoxy) is 1. The molecule has 3 aliphatic heterocycles. The number of anilines is 1. The summed E-state index contributed by atoms with van der Waals surface area (Å²) in [7, 11) is 5.31. The first-order chi connectivity index (χ1) is 34.9. The van der Waals surface area contributed by atoms with Crippen molar-refractivity contribution in [1.82, 2.24) is 35.6 Å². The van der Waals surface area contributed by atoms with E-state index in [4.69, 9.17) is 4.74 Å². The van der Waals surface area contributed by atoms with E-state index in [2.05, 4.69) is 33.6 Å². The summed E-state index contributed by atoms with van der Waals surface area (Å²) < 4.78 is 5.98. The number of fused-ring (bicyclic) bond motifs is 2. The fourth-order valence-corrected chi connectivity index (χ4v) is 10.8. The summed E-state index contributed by atoms with van der Waals surface area (Å²) in [4.78, 5) is 128. The number of carbonyl (C=O) groups excluding carboxylic acids is 8. The summed E-state index contributed by atoms with van der Waals surface area (Å²) in [6, 6.07) is 11.3. The Balaban J connectivity index is 1.45. The number of aromatic nitrogens is 1. The van der Waals surface area contributed by atoms with Crippen LogP contribution in [0.5, 0.6) is 5.75 Å². The number of amides is 6. The minimum atomic E-state index is -1.72. The number of Topliss-reactive ketones (excluding diaryl/α,β-unsaturated/α-hetero) is 1. The lowest BCUT2D eigenvalue weighted by atomic mass is 9.90. The smallest absolute Gasteiger partial charge is 0.333 e. The molecule has 6 amide bonds. The van der Waals surface area contributed by atoms with Crippen molar-refractivity contribution in [2.75, 3.05) is 56.4 Å². The molecule has 4 heterocycles. The molecular formula is C53H70N8O10S2. The van der Waals surface area contributed by atoms with Crippen LogP contribution in [-0.4, -0.2) is 159 Å². The van der Waals surface area contributed by atoms with Gasteiger partial charge in [-0.25, -0.2) is 9.78 Å². The Bertz CT molecular complexity index is 2470. The van der Waals surface area contributed by atoms with E-state index >= 15 is 9.59 Å². The molecule has 3 aliphatic rings. The predicted octanol–water partition coefficient (Wildman–Crippen LogP) is 4.11. The number of unbranched alkanes of at least 4 members (excludes halogenated alkanes) is 3. The number of nitrogens with one attached hydrogen (secondary N) is 3. The zero-order valence-corrected chi connectivity index (χ0v) is 44.3. The number of hydrogen-bond donors (Lipinski definition) is 5. The van der Waals surface area contributed by atoms with Crippen molar-refractivity contribution in [3.63, 3.8) is 0 Å². The van der Waals surface area contributed by atoms with Crippen LogP contribution in [0, 0.1) is 5.92 Å². The third kappa shape index (κ3) is 13.7. The van der Waals surface area contributed by atoms with Crippen molar-refractivity contribution in [2.45, 2.75) is 120 Å². The maximum atomic E-state index is 15.6. The molecule has 20 heteroatoms. The van der Waals surface area contributed by atoms with Gasteiger partial charge in [-0.15, -0.1) is 0 Å². The number of benzene rings is 2. The first-order valence-corrected chi connectivity index (χ1v) is 26.9. The van der Waals surface area contributed by atoms with E-state index in [1.807, 2.05) is 43.3 Å². The zero-order chi connectivity index (χ0) is 53.0. The molecule has 18 nitrogen and oxygen atoms in total. The molecule has 0 spiro atoms. The van der Waals surface area contributed by atoms with Gasteiger partial charge in [-0.05, 0) is 92.8 Å². The number of carbonyl (C=O) groups is 8. The first kappa shape index (κ1) is 56.2. The lowest BCUT2D eigenvalue weighted by Crippen LogP contribution is -2.65. The highest BCUT2D eigenvalue weighted by atomic mass is 32.2. The number of likely N-dealkylation sites (N-methyl/N-ethyl adjacent to an activating group) is 1. The molecule has 4 N–H and O–H groups in total. The van der Waals surface area contributed by atoms with Crippen LogP contribution in [0.4, 0.5) is 5.69 Å². The molecule has 6 rings (SSSR count). The maximum Gasteiger partial charge on any atom is 0.333 e. The van der Waals surface area contributed by atoms with Gasteiger partial charge in [0.25, 0.3) is 5.91 Å². The van der Waals surface area contributed by atoms with Gasteiger partial charge < -0.3 is 45.4 Å². The van der Waals surface area contributed by atoms with Crippen LogP contribution in [0.3, 0.4) is 0 Å². The highest BCUT2D eigenvalue weighted by Crippen LogP contribution is 2.30. The van der Waals surface area contributed by atoms with Gasteiger partial charge in [-0.1, -0.05) is 62.2 Å². The normalized spacial score (nSPS) is 25.7. The van der Waals surface area contributed by atoms with Crippen LogP contribution in [0.15, 0.2) is 72.9 Å². The Labute approximate surface area is 437 Å². The van der Waals surface area contributed by atoms with E-state index in [0.717, 1.165) is 42.9 Å². The zero-order valence-electron chi connectivity index (χ0n) is 42.6. The molecule has 0 bridgehead atoms. The lowest BCUT2D eigenvalue weighted by Gasteiger charge is -2.42. The topological polar surface area (TPSA) is 228 Å². The first-order valence-electron chi connectivity index (χ1n) is 25.1. The highest BCUT2D eigenvalue weighted by Gasteiger charge is 2.49. The monoisotopic (exact) mass is 1040 g/mol. The molecule has 1 aromatic heterocycles. The van der Waals surface area contributed by atoms with Gasteiger partial charge in [0.1, 0.15) is 47.3 Å². The van der Waals surface area contributed by atoms with E-state index < -0.39 is 101 Å². The predicted molar refractivity (Wildman–Crippen MR) is 281 cm³/mol. The molecule has 8 atom stereocenters. The van der Waals surface area contributed by atoms with Crippen LogP contribution >= 0.6 is 24.4 Å². The Kier molecular flexibility index (Phi) is 19.8. The van der Waals surface area contributed by atoms with E-state index in [1.54, 1.807) is 49.0 Å². The summed E-state index contributed by atoms with van der Waals surface area (Å²) in [5, 5.41) is 18.6. The Morgan fingerprint density at radius 3 is 2.32 bits per heavy atom. The molecular weight excluding hydrogens is 973 g/mol. The molecule has 3 aromatic rings. The van der Waals surface area contributed by atoms with Crippen molar-refractivity contribution in [1.29, 1.82) is 0 Å². The third-order valence-corrected chi connectivity index (χ3v) is 15.6. The fourth-order valence-electron chi connectivity index (χ4n) is 9.46. The molecule has 73 heavy (non-hydrogen) atoms. The van der Waals surface area contributed by atoms with Crippen molar-refractivity contribution >= 4 is 77.3 Å². The van der Waals surface area contributed by atoms with Gasteiger partial charge in [-0.2, -0.15) is 24.4 Å². The van der Waals surface area contributed by atoms with Gasteiger partial charge >= 0.3 is 5.97 Å². The average Bonchev–Trinajstić information content (AvgIpc) is 3.88. The lowest BCUT2D eigenvalue weighted by molar-refractivity contribution is -0.157. The van der Waals surface area contributed by atoms with Crippen LogP contribution in [0.1, 0.15) is 99.8 Å². The van der Waals surface area contributed by atoms with Crippen molar-refractivity contribution < 1.29 is 48.2 Å². The second kappa shape index (κ2) is 25.7. The van der Waals surface area contributed by atoms with Gasteiger partial charge in [0.2, 0.25) is 29.5 Å². The summed E-state index contributed by atoms with van der Waals surface area (Å²) in [5.41, 5.74) is -0.232. The number of hydrogen-bond acceptors (Lipinski definition) is 14. The van der Waals surface area contributed by atoms with Crippen LogP contribution in [0.2, 0.25) is 0 Å². The number of thiol groups is 1. The molecule has 0 aliphatic carbocycles. The third-order valence-electron chi connectivity index (χ3n) is 14.1. The fraction of sp³-hybridized carbons (Fsp3) is 0.528. The Morgan fingerprint density at radius 1 is 0.932 bits per heavy atom. The minimum absolute atomic E-state index is 0.0168. The average molecular weight is 1040 g/mol. The summed E-state index contributed by atoms with van der Waals surface area (Å²) in [6.45, 7) is 4.54. The SMILES string of the molecule is CCC1(C)NC(=O)[C@@H](NC(=O)c2ncccc2O)[C@@H](C)OC(=O)[C@H](c2ccccc2)NC(=O)[C@@H]2CC(=O)C(CSCCCCCCS)CN2C(=O)[C@H](Cc2ccc(N(C)C)cc2)N(C)C(=O)[C@@H]2CCCN2C1=O. The van der Waals surface area contributed by atoms with E-state index in [-0.39, 0.29) is 50.1 Å². The second-order valence-corrected chi connectivity index (χ2v) is 21.1. The quantitative estimate of drug-likeness (QED) is 0.0822. The summed E-state index contributed by atoms with van der Waals surface area (Å²) >= 11 is 5.92. The van der Waals surface area contributed by atoms with Crippen LogP contribution in [0.25, 0.3) is 0 Å². The highest BCUT2D eigenvalue weighted by molar-refractivity contribution is 7.99. The van der Waals surface area contributed by atoms with Gasteiger partial charge in [0.05, 0.1) is 0 Å². The van der Waals surface area contributed by atoms with Gasteiger partial charge in [0.15, 0.2) is 11.7 Å². The number of piperidine rings is 1. The Morgan fingerprint density at radius 2 is 1.64 bits per heavy atom. The number of pyridine rings is 1. The van der Waals surface area contributed by atoms with Crippen molar-refractivity contribution in [2.24, 2.45) is 5.92 Å². The number of nitrogens with zero attached hydrogens (tertiary/aromatic N) is 5. The summed E-state index contributed by atoms with van der Waals surface area (Å²) in [5.74, 6) is -4.93. The molecule has 394 valence electrons. The molecule has 2 aromatic carbocycles. The number of cyclic esters (lactones) is 1. The van der Waals surface area contributed by atoms with Crippen LogP contribution in [-0.2, 0) is 44.7 Å². The molecule has 0 saturated carbocycles. The van der Waals surface area contributed by atoms with E-state index in [0.29, 0.717) is 17.7 Å². The number of rotatable bonds is 15. The van der Waals surface area contributed by atoms with Crippen molar-refractivity contribution in [3.8, 4) is 5.75 Å². The van der Waals surface area contributed by atoms with Crippen LogP contribution < -0.4 is 20.9 Å². The minimum Gasteiger partial charge on any atom is -0.505 e. The van der Waals surface area contributed by atoms with Crippen molar-refractivity contribution in [3.05, 3.63) is 89.7 Å². The number of ketones is 1.